The Morgan fingerprint density at radius 3 is 2.59 bits per heavy atom. The van der Waals surface area contributed by atoms with E-state index >= 15 is 0 Å². The number of alkyl halides is 3. The highest BCUT2D eigenvalue weighted by Gasteiger charge is 2.51. The van der Waals surface area contributed by atoms with Crippen LogP contribution in [0.2, 0.25) is 0 Å². The first-order valence-corrected chi connectivity index (χ1v) is 12.1. The lowest BCUT2D eigenvalue weighted by atomic mass is 10.0. The molecule has 2 heterocycles. The molecule has 0 amide bonds. The van der Waals surface area contributed by atoms with Gasteiger partial charge >= 0.3 is 6.18 Å². The van der Waals surface area contributed by atoms with Gasteiger partial charge in [-0.3, -0.25) is 4.90 Å². The van der Waals surface area contributed by atoms with Crippen molar-refractivity contribution < 1.29 is 27.0 Å². The number of nitrogens with one attached hydrogen (secondary N) is 1. The van der Waals surface area contributed by atoms with Crippen LogP contribution >= 0.6 is 0 Å². The summed E-state index contributed by atoms with van der Waals surface area (Å²) in [5.74, 6) is 1.79. The molecule has 1 aromatic heterocycles. The van der Waals surface area contributed by atoms with Crippen LogP contribution in [0, 0.1) is 24.6 Å². The Morgan fingerprint density at radius 2 is 1.95 bits per heavy atom. The number of fused-ring (bicyclic) bond motifs is 2. The van der Waals surface area contributed by atoms with E-state index in [1.165, 1.54) is 12.5 Å². The number of benzene rings is 2. The lowest BCUT2D eigenvalue weighted by Gasteiger charge is -2.24. The largest absolute Gasteiger partial charge is 0.493 e. The van der Waals surface area contributed by atoms with Crippen molar-refractivity contribution in [1.29, 1.82) is 0 Å². The molecule has 0 bridgehead atoms. The number of piperidine rings is 1. The molecule has 1 saturated carbocycles. The molecule has 4 atom stereocenters. The number of rotatable bonds is 7. The Morgan fingerprint density at radius 1 is 1.19 bits per heavy atom. The molecule has 37 heavy (non-hydrogen) atoms. The van der Waals surface area contributed by atoms with Crippen molar-refractivity contribution in [2.24, 2.45) is 11.8 Å². The van der Waals surface area contributed by atoms with Gasteiger partial charge in [0.1, 0.15) is 24.1 Å². The summed E-state index contributed by atoms with van der Waals surface area (Å²) in [6, 6.07) is 4.71. The fourth-order valence-corrected chi connectivity index (χ4v) is 5.32. The molecular weight excluding hydrogens is 490 g/mol. The summed E-state index contributed by atoms with van der Waals surface area (Å²) in [4.78, 5) is 11.2. The molecule has 2 aliphatic rings. The second-order valence-electron chi connectivity index (χ2n) is 9.95. The fraction of sp³-hybridized carbons (Fsp3) is 0.462. The summed E-state index contributed by atoms with van der Waals surface area (Å²) in [6.07, 6.45) is -3.65. The maximum Gasteiger partial charge on any atom is 0.419 e. The van der Waals surface area contributed by atoms with Gasteiger partial charge in [0.15, 0.2) is 11.5 Å². The lowest BCUT2D eigenvalue weighted by Crippen LogP contribution is -2.34. The predicted octanol–water partition coefficient (Wildman–Crippen LogP) is 5.19. The van der Waals surface area contributed by atoms with Crippen molar-refractivity contribution in [2.75, 3.05) is 38.4 Å². The van der Waals surface area contributed by atoms with Crippen molar-refractivity contribution in [2.45, 2.75) is 38.5 Å². The van der Waals surface area contributed by atoms with Crippen LogP contribution < -0.4 is 20.5 Å². The number of halogens is 4. The quantitative estimate of drug-likeness (QED) is 0.328. The zero-order chi connectivity index (χ0) is 26.6. The summed E-state index contributed by atoms with van der Waals surface area (Å²) >= 11 is 0. The Hall–Kier alpha value is -3.34. The van der Waals surface area contributed by atoms with Crippen LogP contribution in [0.25, 0.3) is 10.9 Å². The first kappa shape index (κ1) is 25.3. The minimum absolute atomic E-state index is 0.184. The van der Waals surface area contributed by atoms with Crippen molar-refractivity contribution in [3.05, 3.63) is 47.0 Å². The zero-order valence-corrected chi connectivity index (χ0v) is 21.0. The van der Waals surface area contributed by atoms with E-state index in [-0.39, 0.29) is 11.3 Å². The summed E-state index contributed by atoms with van der Waals surface area (Å²) in [6.45, 7) is 4.81. The maximum atomic E-state index is 14.9. The third-order valence-electron chi connectivity index (χ3n) is 7.31. The topological polar surface area (TPSA) is 85.5 Å². The number of likely N-dealkylation sites (tertiary alicyclic amines) is 1. The van der Waals surface area contributed by atoms with Gasteiger partial charge in [0.25, 0.3) is 0 Å². The van der Waals surface area contributed by atoms with Gasteiger partial charge in [0.2, 0.25) is 0 Å². The van der Waals surface area contributed by atoms with E-state index in [9.17, 15) is 17.6 Å². The predicted molar refractivity (Wildman–Crippen MR) is 132 cm³/mol. The van der Waals surface area contributed by atoms with Crippen LogP contribution in [0.1, 0.15) is 36.3 Å². The Bertz CT molecular complexity index is 1350. The number of hydrogen-bond acceptors (Lipinski definition) is 7. The number of likely N-dealkylation sites (N-methyl/N-ethyl adjacent to an activating group) is 1. The average molecular weight is 520 g/mol. The van der Waals surface area contributed by atoms with Crippen LogP contribution in [0.3, 0.4) is 0 Å². The third-order valence-corrected chi connectivity index (χ3v) is 7.31. The normalized spacial score (nSPS) is 22.1. The molecule has 0 spiro atoms. The number of aryl methyl sites for hydroxylation is 1. The highest BCUT2D eigenvalue weighted by molar-refractivity contribution is 5.92. The highest BCUT2D eigenvalue weighted by atomic mass is 19.4. The van der Waals surface area contributed by atoms with Crippen LogP contribution in [-0.4, -0.2) is 48.2 Å². The second kappa shape index (κ2) is 9.20. The molecule has 1 aliphatic heterocycles. The summed E-state index contributed by atoms with van der Waals surface area (Å²) < 4.78 is 66.7. The smallest absolute Gasteiger partial charge is 0.419 e. The van der Waals surface area contributed by atoms with Gasteiger partial charge in [-0.15, -0.1) is 0 Å². The molecule has 3 aromatic rings. The average Bonchev–Trinajstić information content (AvgIpc) is 3.50. The van der Waals surface area contributed by atoms with Crippen LogP contribution in [-0.2, 0) is 6.18 Å². The number of ether oxygens (including phenoxy) is 2. The number of nitrogen functional groups attached to an aromatic ring is 1. The first-order valence-electron chi connectivity index (χ1n) is 12.1. The monoisotopic (exact) mass is 519 g/mol. The molecule has 11 heteroatoms. The minimum Gasteiger partial charge on any atom is -0.493 e. The van der Waals surface area contributed by atoms with Crippen molar-refractivity contribution >= 4 is 22.4 Å². The Labute approximate surface area is 212 Å². The van der Waals surface area contributed by atoms with Crippen LogP contribution in [0.15, 0.2) is 24.3 Å². The van der Waals surface area contributed by atoms with Gasteiger partial charge in [-0.1, -0.05) is 0 Å². The maximum absolute atomic E-state index is 14.9. The van der Waals surface area contributed by atoms with Crippen LogP contribution in [0.4, 0.5) is 29.1 Å². The third kappa shape index (κ3) is 4.84. The number of anilines is 2. The molecule has 2 unspecified atom stereocenters. The first-order chi connectivity index (χ1) is 17.5. The van der Waals surface area contributed by atoms with Crippen molar-refractivity contribution in [1.82, 2.24) is 14.9 Å². The van der Waals surface area contributed by atoms with Gasteiger partial charge < -0.3 is 20.5 Å². The second-order valence-corrected chi connectivity index (χ2v) is 9.95. The molecule has 0 radical (unpaired) electrons. The summed E-state index contributed by atoms with van der Waals surface area (Å²) in [5, 5.41) is 3.62. The number of hydrogen-bond donors (Lipinski definition) is 2. The van der Waals surface area contributed by atoms with Gasteiger partial charge in [0.05, 0.1) is 24.2 Å². The highest BCUT2D eigenvalue weighted by Crippen LogP contribution is 2.49. The molecule has 5 rings (SSSR count). The number of methoxy groups -OCH3 is 1. The fourth-order valence-electron chi connectivity index (χ4n) is 5.32. The summed E-state index contributed by atoms with van der Waals surface area (Å²) in [5.41, 5.74) is 4.42. The standard InChI is InChI=1S/C26H29F4N5O2/c1-12(16-6-15(31)7-19(24(16)27)26(28,29)30)32-25-18-8-23(22(36-4)9-20(18)33-13(2)34-25)37-11-21-17-5-14(17)10-35(21)3/h6-9,12,14,17,21H,5,10-11,31H2,1-4H3,(H,32,33,34)/t12-,14?,17?,21-/m1/s1. The molecule has 198 valence electrons. The molecule has 1 saturated heterocycles. The number of nitrogens with zero attached hydrogens (tertiary/aromatic N) is 3. The summed E-state index contributed by atoms with van der Waals surface area (Å²) in [7, 11) is 3.64. The molecular formula is C26H29F4N5O2. The van der Waals surface area contributed by atoms with Crippen molar-refractivity contribution in [3.8, 4) is 11.5 Å². The van der Waals surface area contributed by atoms with Crippen LogP contribution in [0.5, 0.6) is 11.5 Å². The lowest BCUT2D eigenvalue weighted by molar-refractivity contribution is -0.140. The number of nitrogens with two attached hydrogens (primary N) is 1. The van der Waals surface area contributed by atoms with E-state index in [0.29, 0.717) is 58.7 Å². The minimum atomic E-state index is -4.87. The van der Waals surface area contributed by atoms with Crippen molar-refractivity contribution in [3.63, 3.8) is 0 Å². The SMILES string of the molecule is COc1cc2nc(C)nc(N[C@H](C)c3cc(N)cc(C(F)(F)F)c3F)c2cc1OC[C@@H]1C2CC2CN1C. The van der Waals surface area contributed by atoms with E-state index < -0.39 is 23.6 Å². The molecule has 2 fully saturated rings. The Balaban J connectivity index is 1.48. The molecule has 3 N–H and O–H groups in total. The molecule has 2 aromatic carbocycles. The van der Waals surface area contributed by atoms with Gasteiger partial charge in [-0.2, -0.15) is 13.2 Å². The molecule has 1 aliphatic carbocycles. The van der Waals surface area contributed by atoms with E-state index in [0.717, 1.165) is 12.5 Å². The number of aromatic nitrogens is 2. The van der Waals surface area contributed by atoms with Gasteiger partial charge in [0, 0.05) is 35.3 Å². The van der Waals surface area contributed by atoms with Gasteiger partial charge in [-0.25, -0.2) is 14.4 Å². The van der Waals surface area contributed by atoms with E-state index in [1.54, 1.807) is 33.1 Å². The molecule has 7 nitrogen and oxygen atoms in total. The Kier molecular flexibility index (Phi) is 6.29. The van der Waals surface area contributed by atoms with Gasteiger partial charge in [-0.05, 0) is 57.4 Å². The van der Waals surface area contributed by atoms with E-state index in [1.807, 2.05) is 0 Å². The van der Waals surface area contributed by atoms with E-state index in [4.69, 9.17) is 15.2 Å². The van der Waals surface area contributed by atoms with E-state index in [2.05, 4.69) is 27.2 Å². The zero-order valence-electron chi connectivity index (χ0n) is 21.0.